The lowest BCUT2D eigenvalue weighted by molar-refractivity contribution is 0.0699. The average molecular weight is 284 g/mol. The van der Waals surface area contributed by atoms with Gasteiger partial charge in [-0.3, -0.25) is 9.78 Å². The molecule has 104 valence electrons. The molecule has 2 atom stereocenters. The number of likely N-dealkylation sites (tertiary alicyclic amines) is 1. The highest BCUT2D eigenvalue weighted by Gasteiger charge is 2.35. The van der Waals surface area contributed by atoms with Crippen LogP contribution in [0, 0.1) is 0 Å². The van der Waals surface area contributed by atoms with Crippen molar-refractivity contribution in [1.29, 1.82) is 0 Å². The molecule has 0 radical (unpaired) electrons. The van der Waals surface area contributed by atoms with Gasteiger partial charge in [-0.05, 0) is 26.6 Å². The SMILES string of the molecule is CN(C)CC1CC(O)CN1C(=O)c1ccncc1Cl. The molecule has 2 heterocycles. The largest absolute Gasteiger partial charge is 0.391 e. The highest BCUT2D eigenvalue weighted by Crippen LogP contribution is 2.23. The molecular formula is C13H18ClN3O2. The molecule has 0 aromatic carbocycles. The number of hydrogen-bond donors (Lipinski definition) is 1. The molecule has 1 aliphatic heterocycles. The highest BCUT2D eigenvalue weighted by molar-refractivity contribution is 6.33. The van der Waals surface area contributed by atoms with Gasteiger partial charge in [-0.1, -0.05) is 11.6 Å². The molecule has 1 amide bonds. The van der Waals surface area contributed by atoms with E-state index < -0.39 is 6.10 Å². The van der Waals surface area contributed by atoms with Crippen molar-refractivity contribution in [2.75, 3.05) is 27.2 Å². The smallest absolute Gasteiger partial charge is 0.255 e. The second kappa shape index (κ2) is 5.86. The monoisotopic (exact) mass is 283 g/mol. The van der Waals surface area contributed by atoms with Crippen LogP contribution in [-0.2, 0) is 0 Å². The second-order valence-corrected chi connectivity index (χ2v) is 5.53. The Balaban J connectivity index is 2.19. The lowest BCUT2D eigenvalue weighted by atomic mass is 10.1. The molecule has 1 aliphatic rings. The van der Waals surface area contributed by atoms with Gasteiger partial charge in [-0.25, -0.2) is 0 Å². The molecule has 5 nitrogen and oxygen atoms in total. The first-order valence-corrected chi connectivity index (χ1v) is 6.60. The third-order valence-corrected chi connectivity index (χ3v) is 3.53. The minimum absolute atomic E-state index is 0.0155. The van der Waals surface area contributed by atoms with Crippen LogP contribution >= 0.6 is 11.6 Å². The molecule has 19 heavy (non-hydrogen) atoms. The lowest BCUT2D eigenvalue weighted by Gasteiger charge is -2.27. The van der Waals surface area contributed by atoms with Gasteiger partial charge in [0.2, 0.25) is 0 Å². The minimum Gasteiger partial charge on any atom is -0.391 e. The summed E-state index contributed by atoms with van der Waals surface area (Å²) in [6.45, 7) is 1.08. The van der Waals surface area contributed by atoms with Crippen molar-refractivity contribution in [3.8, 4) is 0 Å². The van der Waals surface area contributed by atoms with E-state index in [0.29, 0.717) is 23.6 Å². The predicted molar refractivity (Wildman–Crippen MR) is 73.2 cm³/mol. The molecule has 0 saturated carbocycles. The maximum Gasteiger partial charge on any atom is 0.255 e. The summed E-state index contributed by atoms with van der Waals surface area (Å²) in [5, 5.41) is 10.1. The highest BCUT2D eigenvalue weighted by atomic mass is 35.5. The predicted octanol–water partition coefficient (Wildman–Crippen LogP) is 0.872. The van der Waals surface area contributed by atoms with Gasteiger partial charge in [-0.15, -0.1) is 0 Å². The number of carbonyl (C=O) groups is 1. The van der Waals surface area contributed by atoms with E-state index in [-0.39, 0.29) is 11.9 Å². The molecular weight excluding hydrogens is 266 g/mol. The topological polar surface area (TPSA) is 56.7 Å². The van der Waals surface area contributed by atoms with Gasteiger partial charge in [0.05, 0.1) is 16.7 Å². The Morgan fingerprint density at radius 3 is 3.00 bits per heavy atom. The van der Waals surface area contributed by atoms with Gasteiger partial charge < -0.3 is 14.9 Å². The van der Waals surface area contributed by atoms with Crippen LogP contribution < -0.4 is 0 Å². The van der Waals surface area contributed by atoms with E-state index in [1.807, 2.05) is 19.0 Å². The number of likely N-dealkylation sites (N-methyl/N-ethyl adjacent to an activating group) is 1. The fourth-order valence-corrected chi connectivity index (χ4v) is 2.64. The van der Waals surface area contributed by atoms with Crippen LogP contribution in [0.25, 0.3) is 0 Å². The molecule has 1 aromatic rings. The van der Waals surface area contributed by atoms with Crippen LogP contribution in [0.2, 0.25) is 5.02 Å². The maximum absolute atomic E-state index is 12.5. The number of amides is 1. The van der Waals surface area contributed by atoms with Gasteiger partial charge in [-0.2, -0.15) is 0 Å². The fourth-order valence-electron chi connectivity index (χ4n) is 2.44. The summed E-state index contributed by atoms with van der Waals surface area (Å²) >= 11 is 6.00. The van der Waals surface area contributed by atoms with Crippen molar-refractivity contribution in [3.05, 3.63) is 29.0 Å². The third kappa shape index (κ3) is 3.23. The molecule has 0 aliphatic carbocycles. The Bertz CT molecular complexity index is 467. The first kappa shape index (κ1) is 14.2. The molecule has 1 N–H and O–H groups in total. The summed E-state index contributed by atoms with van der Waals surface area (Å²) in [4.78, 5) is 20.1. The van der Waals surface area contributed by atoms with Crippen LogP contribution in [0.3, 0.4) is 0 Å². The Morgan fingerprint density at radius 1 is 1.63 bits per heavy atom. The fraction of sp³-hybridized carbons (Fsp3) is 0.538. The standard InChI is InChI=1S/C13H18ClN3O2/c1-16(2)7-9-5-10(18)8-17(9)13(19)11-3-4-15-6-12(11)14/h3-4,6,9-10,18H,5,7-8H2,1-2H3. The molecule has 1 aromatic heterocycles. The molecule has 0 bridgehead atoms. The summed E-state index contributed by atoms with van der Waals surface area (Å²) < 4.78 is 0. The van der Waals surface area contributed by atoms with Crippen LogP contribution in [0.5, 0.6) is 0 Å². The van der Waals surface area contributed by atoms with Crippen molar-refractivity contribution >= 4 is 17.5 Å². The second-order valence-electron chi connectivity index (χ2n) is 5.12. The van der Waals surface area contributed by atoms with E-state index >= 15 is 0 Å². The Hall–Kier alpha value is -1.17. The van der Waals surface area contributed by atoms with E-state index in [9.17, 15) is 9.90 Å². The number of hydrogen-bond acceptors (Lipinski definition) is 4. The Morgan fingerprint density at radius 2 is 2.37 bits per heavy atom. The lowest BCUT2D eigenvalue weighted by Crippen LogP contribution is -2.41. The molecule has 2 unspecified atom stereocenters. The summed E-state index contributed by atoms with van der Waals surface area (Å²) in [5.74, 6) is -0.143. The van der Waals surface area contributed by atoms with Gasteiger partial charge in [0.25, 0.3) is 5.91 Å². The van der Waals surface area contributed by atoms with Crippen molar-refractivity contribution in [1.82, 2.24) is 14.8 Å². The van der Waals surface area contributed by atoms with Crippen LogP contribution in [-0.4, -0.2) is 65.1 Å². The normalized spacial score (nSPS) is 23.1. The average Bonchev–Trinajstić information content (AvgIpc) is 2.69. The number of β-amino-alcohol motifs (C(OH)–C–C–N with tert-alkyl or cyclic N) is 1. The van der Waals surface area contributed by atoms with E-state index in [2.05, 4.69) is 4.98 Å². The first-order chi connectivity index (χ1) is 8.99. The zero-order valence-electron chi connectivity index (χ0n) is 11.1. The summed E-state index contributed by atoms with van der Waals surface area (Å²) in [6, 6.07) is 1.63. The number of carbonyl (C=O) groups excluding carboxylic acids is 1. The quantitative estimate of drug-likeness (QED) is 0.894. The van der Waals surface area contributed by atoms with E-state index in [4.69, 9.17) is 11.6 Å². The zero-order chi connectivity index (χ0) is 14.0. The van der Waals surface area contributed by atoms with Crippen LogP contribution in [0.4, 0.5) is 0 Å². The molecule has 2 rings (SSSR count). The molecule has 6 heteroatoms. The number of pyridine rings is 1. The molecule has 1 saturated heterocycles. The maximum atomic E-state index is 12.5. The summed E-state index contributed by atoms with van der Waals surface area (Å²) in [5.41, 5.74) is 0.439. The molecule has 0 spiro atoms. The number of halogens is 1. The van der Waals surface area contributed by atoms with Crippen molar-refractivity contribution in [2.45, 2.75) is 18.6 Å². The zero-order valence-corrected chi connectivity index (χ0v) is 11.8. The van der Waals surface area contributed by atoms with E-state index in [0.717, 1.165) is 6.54 Å². The van der Waals surface area contributed by atoms with Crippen molar-refractivity contribution < 1.29 is 9.90 Å². The van der Waals surface area contributed by atoms with E-state index in [1.54, 1.807) is 17.2 Å². The first-order valence-electron chi connectivity index (χ1n) is 6.22. The summed E-state index contributed by atoms with van der Waals surface area (Å²) in [6.07, 6.45) is 3.15. The summed E-state index contributed by atoms with van der Waals surface area (Å²) in [7, 11) is 3.90. The van der Waals surface area contributed by atoms with Crippen molar-refractivity contribution in [2.24, 2.45) is 0 Å². The van der Waals surface area contributed by atoms with Gasteiger partial charge in [0.15, 0.2) is 0 Å². The molecule has 1 fully saturated rings. The third-order valence-electron chi connectivity index (χ3n) is 3.23. The number of rotatable bonds is 3. The van der Waals surface area contributed by atoms with Crippen molar-refractivity contribution in [3.63, 3.8) is 0 Å². The number of aromatic nitrogens is 1. The van der Waals surface area contributed by atoms with Gasteiger partial charge in [0.1, 0.15) is 0 Å². The van der Waals surface area contributed by atoms with Crippen LogP contribution in [0.1, 0.15) is 16.8 Å². The number of aliphatic hydroxyl groups is 1. The number of nitrogens with zero attached hydrogens (tertiary/aromatic N) is 3. The van der Waals surface area contributed by atoms with Gasteiger partial charge in [0, 0.05) is 31.5 Å². The van der Waals surface area contributed by atoms with Gasteiger partial charge >= 0.3 is 0 Å². The Kier molecular flexibility index (Phi) is 4.39. The van der Waals surface area contributed by atoms with Crippen LogP contribution in [0.15, 0.2) is 18.5 Å². The Labute approximate surface area is 117 Å². The van der Waals surface area contributed by atoms with E-state index in [1.165, 1.54) is 6.20 Å². The number of aliphatic hydroxyl groups excluding tert-OH is 1. The minimum atomic E-state index is -0.463.